The predicted molar refractivity (Wildman–Crippen MR) is 50.5 cm³/mol. The van der Waals surface area contributed by atoms with Crippen molar-refractivity contribution < 1.29 is 9.90 Å². The summed E-state index contributed by atoms with van der Waals surface area (Å²) in [4.78, 5) is 14.8. The van der Waals surface area contributed by atoms with Crippen LogP contribution < -0.4 is 0 Å². The summed E-state index contributed by atoms with van der Waals surface area (Å²) >= 11 is 0. The number of hydrogen-bond donors (Lipinski definition) is 2. The average molecular weight is 204 g/mol. The van der Waals surface area contributed by atoms with Crippen LogP contribution in [0.15, 0.2) is 12.4 Å². The molecule has 6 heteroatoms. The summed E-state index contributed by atoms with van der Waals surface area (Å²) in [6.45, 7) is 0.642. The van der Waals surface area contributed by atoms with Crippen LogP contribution in [0.4, 0.5) is 0 Å². The van der Waals surface area contributed by atoms with Crippen molar-refractivity contribution in [2.75, 3.05) is 0 Å². The Kier molecular flexibility index (Phi) is 1.47. The minimum Gasteiger partial charge on any atom is -0.475 e. The quantitative estimate of drug-likeness (QED) is 0.709. The van der Waals surface area contributed by atoms with Gasteiger partial charge in [-0.25, -0.2) is 9.78 Å². The second-order valence-electron chi connectivity index (χ2n) is 3.44. The van der Waals surface area contributed by atoms with Crippen molar-refractivity contribution in [3.8, 4) is 11.4 Å². The first kappa shape index (κ1) is 8.22. The smallest absolute Gasteiger partial charge is 0.372 e. The minimum atomic E-state index is -0.996. The van der Waals surface area contributed by atoms with E-state index in [1.54, 1.807) is 17.0 Å². The number of rotatable bonds is 1. The van der Waals surface area contributed by atoms with Crippen LogP contribution in [0.5, 0.6) is 0 Å². The number of nitrogens with one attached hydrogen (secondary N) is 1. The first-order valence-corrected chi connectivity index (χ1v) is 4.59. The van der Waals surface area contributed by atoms with E-state index in [-0.39, 0.29) is 5.82 Å². The molecule has 0 saturated heterocycles. The third-order valence-corrected chi connectivity index (χ3v) is 2.63. The first-order chi connectivity index (χ1) is 7.27. The molecule has 0 atom stereocenters. The van der Waals surface area contributed by atoms with Crippen molar-refractivity contribution in [2.45, 2.75) is 13.0 Å². The standard InChI is InChI=1S/C9H8N4O2/c14-9(15)8-10-4-6-7-5(3-11-12-7)1-2-13(6)8/h3-4H,1-2H2,(H,11,12)(H,14,15). The Labute approximate surface area is 84.6 Å². The average Bonchev–Trinajstić information content (AvgIpc) is 2.82. The fourth-order valence-corrected chi connectivity index (χ4v) is 1.93. The number of nitrogens with zero attached hydrogens (tertiary/aromatic N) is 3. The van der Waals surface area contributed by atoms with E-state index in [1.807, 2.05) is 0 Å². The monoisotopic (exact) mass is 204 g/mol. The molecule has 0 fully saturated rings. The topological polar surface area (TPSA) is 83.8 Å². The van der Waals surface area contributed by atoms with Gasteiger partial charge < -0.3 is 9.67 Å². The Balaban J connectivity index is 2.23. The van der Waals surface area contributed by atoms with Crippen LogP contribution in [0.2, 0.25) is 0 Å². The maximum atomic E-state index is 10.9. The lowest BCUT2D eigenvalue weighted by molar-refractivity contribution is 0.0678. The van der Waals surface area contributed by atoms with Gasteiger partial charge in [0.1, 0.15) is 0 Å². The molecule has 0 amide bonds. The lowest BCUT2D eigenvalue weighted by Gasteiger charge is -2.14. The summed E-state index contributed by atoms with van der Waals surface area (Å²) in [5.74, 6) is -0.908. The van der Waals surface area contributed by atoms with Crippen molar-refractivity contribution >= 4 is 5.97 Å². The van der Waals surface area contributed by atoms with Gasteiger partial charge in [0.2, 0.25) is 5.82 Å². The van der Waals surface area contributed by atoms with Gasteiger partial charge in [-0.2, -0.15) is 5.10 Å². The van der Waals surface area contributed by atoms with Gasteiger partial charge in [0.25, 0.3) is 0 Å². The number of hydrogen-bond acceptors (Lipinski definition) is 3. The van der Waals surface area contributed by atoms with Gasteiger partial charge in [-0.1, -0.05) is 0 Å². The zero-order chi connectivity index (χ0) is 10.4. The van der Waals surface area contributed by atoms with Gasteiger partial charge in [-0.15, -0.1) is 0 Å². The zero-order valence-corrected chi connectivity index (χ0v) is 7.77. The summed E-state index contributed by atoms with van der Waals surface area (Å²) in [7, 11) is 0. The van der Waals surface area contributed by atoms with E-state index < -0.39 is 5.97 Å². The van der Waals surface area contributed by atoms with E-state index in [0.717, 1.165) is 23.4 Å². The number of carbonyl (C=O) groups is 1. The maximum absolute atomic E-state index is 10.9. The van der Waals surface area contributed by atoms with E-state index in [4.69, 9.17) is 5.11 Å². The number of aromatic nitrogens is 4. The fraction of sp³-hybridized carbons (Fsp3) is 0.222. The van der Waals surface area contributed by atoms with Gasteiger partial charge >= 0.3 is 5.97 Å². The van der Waals surface area contributed by atoms with Crippen LogP contribution in [-0.4, -0.2) is 30.8 Å². The molecule has 76 valence electrons. The van der Waals surface area contributed by atoms with E-state index in [1.165, 1.54) is 0 Å². The number of aryl methyl sites for hydroxylation is 1. The van der Waals surface area contributed by atoms with E-state index in [0.29, 0.717) is 6.54 Å². The molecule has 0 saturated carbocycles. The highest BCUT2D eigenvalue weighted by atomic mass is 16.4. The Morgan fingerprint density at radius 1 is 1.53 bits per heavy atom. The summed E-state index contributed by atoms with van der Waals surface area (Å²) in [6, 6.07) is 0. The van der Waals surface area contributed by atoms with E-state index >= 15 is 0 Å². The lowest BCUT2D eigenvalue weighted by atomic mass is 10.1. The molecule has 0 spiro atoms. The van der Waals surface area contributed by atoms with E-state index in [2.05, 4.69) is 15.2 Å². The van der Waals surface area contributed by atoms with Crippen molar-refractivity contribution in [2.24, 2.45) is 0 Å². The molecule has 1 aliphatic rings. The van der Waals surface area contributed by atoms with Crippen LogP contribution in [0.1, 0.15) is 16.2 Å². The highest BCUT2D eigenvalue weighted by Crippen LogP contribution is 2.27. The molecular formula is C9H8N4O2. The van der Waals surface area contributed by atoms with Gasteiger partial charge in [0, 0.05) is 12.1 Å². The van der Waals surface area contributed by atoms with Crippen molar-refractivity contribution in [3.05, 3.63) is 23.8 Å². The van der Waals surface area contributed by atoms with Crippen LogP contribution >= 0.6 is 0 Å². The van der Waals surface area contributed by atoms with Crippen molar-refractivity contribution in [1.82, 2.24) is 19.7 Å². The third kappa shape index (κ3) is 1.01. The molecule has 0 radical (unpaired) electrons. The highest BCUT2D eigenvalue weighted by Gasteiger charge is 2.23. The molecule has 2 N–H and O–H groups in total. The molecular weight excluding hydrogens is 196 g/mol. The van der Waals surface area contributed by atoms with Crippen LogP contribution in [-0.2, 0) is 13.0 Å². The fourth-order valence-electron chi connectivity index (χ4n) is 1.93. The summed E-state index contributed by atoms with van der Waals surface area (Å²) in [6.07, 6.45) is 4.13. The SMILES string of the molecule is O=C(O)c1ncc2n1CCc1cn[nH]c1-2. The Bertz CT molecular complexity index is 540. The molecule has 1 aliphatic heterocycles. The molecule has 15 heavy (non-hydrogen) atoms. The summed E-state index contributed by atoms with van der Waals surface area (Å²) in [5.41, 5.74) is 2.78. The number of carboxylic acid groups (broad SMARTS) is 1. The van der Waals surface area contributed by atoms with Crippen molar-refractivity contribution in [1.29, 1.82) is 0 Å². The number of H-pyrrole nitrogens is 1. The van der Waals surface area contributed by atoms with E-state index in [9.17, 15) is 4.79 Å². The molecule has 0 aromatic carbocycles. The summed E-state index contributed by atoms with van der Waals surface area (Å²) in [5, 5.41) is 15.7. The summed E-state index contributed by atoms with van der Waals surface area (Å²) < 4.78 is 1.70. The molecule has 0 unspecified atom stereocenters. The minimum absolute atomic E-state index is 0.0882. The van der Waals surface area contributed by atoms with Gasteiger partial charge in [-0.3, -0.25) is 5.10 Å². The van der Waals surface area contributed by atoms with Gasteiger partial charge in [-0.05, 0) is 6.42 Å². The molecule has 2 aromatic heterocycles. The number of imidazole rings is 1. The number of carboxylic acids is 1. The molecule has 3 rings (SSSR count). The second-order valence-corrected chi connectivity index (χ2v) is 3.44. The largest absolute Gasteiger partial charge is 0.475 e. The first-order valence-electron chi connectivity index (χ1n) is 4.59. The number of aromatic amines is 1. The Morgan fingerprint density at radius 2 is 2.40 bits per heavy atom. The van der Waals surface area contributed by atoms with Crippen LogP contribution in [0.3, 0.4) is 0 Å². The van der Waals surface area contributed by atoms with Crippen LogP contribution in [0.25, 0.3) is 11.4 Å². The van der Waals surface area contributed by atoms with Crippen molar-refractivity contribution in [3.63, 3.8) is 0 Å². The Morgan fingerprint density at radius 3 is 3.20 bits per heavy atom. The van der Waals surface area contributed by atoms with Gasteiger partial charge in [0.05, 0.1) is 23.8 Å². The Hall–Kier alpha value is -2.11. The number of fused-ring (bicyclic) bond motifs is 3. The molecule has 2 aromatic rings. The predicted octanol–water partition coefficient (Wildman–Crippen LogP) is 0.527. The normalized spacial score (nSPS) is 13.3. The van der Waals surface area contributed by atoms with Crippen LogP contribution in [0, 0.1) is 0 Å². The highest BCUT2D eigenvalue weighted by molar-refractivity contribution is 5.85. The number of aromatic carboxylic acids is 1. The maximum Gasteiger partial charge on any atom is 0.372 e. The molecule has 6 nitrogen and oxygen atoms in total. The molecule has 0 bridgehead atoms. The molecule has 0 aliphatic carbocycles. The molecule has 3 heterocycles. The zero-order valence-electron chi connectivity index (χ0n) is 7.77. The second kappa shape index (κ2) is 2.69. The third-order valence-electron chi connectivity index (χ3n) is 2.63. The van der Waals surface area contributed by atoms with Gasteiger partial charge in [0.15, 0.2) is 0 Å². The lowest BCUT2D eigenvalue weighted by Crippen LogP contribution is -2.15.